The van der Waals surface area contributed by atoms with E-state index in [1.165, 1.54) is 81.8 Å². The van der Waals surface area contributed by atoms with E-state index in [0.29, 0.717) is 40.3 Å². The molecule has 90 heavy (non-hydrogen) atoms. The smallest absolute Gasteiger partial charge is 0.412 e. The number of carbonyl (C=O) groups excluding carboxylic acids is 8. The molecule has 6 amide bonds. The topological polar surface area (TPSA) is 354 Å². The summed E-state index contributed by atoms with van der Waals surface area (Å²) in [6.45, 7) is 2.31. The van der Waals surface area contributed by atoms with Crippen molar-refractivity contribution in [3.05, 3.63) is 201 Å². The molecule has 0 unspecified atom stereocenters. The zero-order valence-electron chi connectivity index (χ0n) is 49.3. The second kappa shape index (κ2) is 31.8. The van der Waals surface area contributed by atoms with Crippen LogP contribution < -0.4 is 50.8 Å². The van der Waals surface area contributed by atoms with Crippen molar-refractivity contribution in [1.29, 1.82) is 0 Å². The first-order valence-electron chi connectivity index (χ1n) is 27.8. The lowest BCUT2D eigenvalue weighted by Crippen LogP contribution is -2.42. The van der Waals surface area contributed by atoms with Crippen molar-refractivity contribution in [1.82, 2.24) is 31.9 Å². The Morgan fingerprint density at radius 3 is 0.900 bits per heavy atom. The Balaban J connectivity index is 0.898. The predicted molar refractivity (Wildman–Crippen MR) is 322 cm³/mol. The summed E-state index contributed by atoms with van der Waals surface area (Å²) < 4.78 is 37.7. The Hall–Kier alpha value is -11.5. The minimum atomic E-state index is -1.26. The first-order chi connectivity index (χ1) is 43.2. The Morgan fingerprint density at radius 1 is 0.367 bits per heavy atom. The number of ether oxygens (including phenoxy) is 7. The fourth-order valence-corrected chi connectivity index (χ4v) is 8.66. The Labute approximate surface area is 516 Å². The van der Waals surface area contributed by atoms with Gasteiger partial charge in [-0.25, -0.2) is 24.0 Å². The molecule has 0 aliphatic carbocycles. The fourth-order valence-electron chi connectivity index (χ4n) is 8.66. The molecule has 0 saturated heterocycles. The van der Waals surface area contributed by atoms with Crippen molar-refractivity contribution in [2.24, 2.45) is 5.41 Å². The number of alkyl carbamates (subject to hydrolysis) is 3. The number of rotatable bonds is 27. The molecule has 0 atom stereocenters. The molecule has 0 aromatic heterocycles. The highest BCUT2D eigenvalue weighted by atomic mass is 16.6. The van der Waals surface area contributed by atoms with E-state index in [9.17, 15) is 58.8 Å². The maximum atomic E-state index is 13.3. The van der Waals surface area contributed by atoms with Crippen LogP contribution in [0.5, 0.6) is 46.0 Å². The second-order valence-corrected chi connectivity index (χ2v) is 20.3. The quantitative estimate of drug-likeness (QED) is 0.0170. The predicted octanol–water partition coefficient (Wildman–Crippen LogP) is 8.68. The Kier molecular flexibility index (Phi) is 23.3. The first-order valence-corrected chi connectivity index (χ1v) is 27.8. The van der Waals surface area contributed by atoms with Gasteiger partial charge >= 0.3 is 30.5 Å². The van der Waals surface area contributed by atoms with Gasteiger partial charge in [0.15, 0.2) is 11.6 Å². The summed E-state index contributed by atoms with van der Waals surface area (Å²) in [6.07, 6.45) is -4.10. The number of phenolic OH excluding ortho intramolecular Hbond substituents is 4. The Bertz CT molecular complexity index is 3560. The van der Waals surface area contributed by atoms with Gasteiger partial charge in [-0.1, -0.05) is 79.7 Å². The highest BCUT2D eigenvalue weighted by Crippen LogP contribution is 2.33. The molecule has 0 radical (unpaired) electrons. The average molecular weight is 1240 g/mol. The number of nitrogens with one attached hydrogen (secondary N) is 6. The standard InChI is InChI=1S/C65H66N6O19/c1-5-65(36-86-60(79)67-31-41-10-6-9-40(23-41)30-66-39(2)72,37-87-61(80)68-32-42-11-7-13-44(24-42)34-70-63(82)89-48-17-21-52(56(75)28-48)58(77)50-19-15-46(84-3)26-54(50)73)38-88-62(81)69-33-43-12-8-14-45(25-43)35-71-64(83)90-49-18-22-53(57(76)29-49)59(78)51-20-16-47(85-4)27-55(51)74/h6-29,73-76H,5,30-38H2,1-4H3,(H,66,72)(H,67,79)(H,68,80)(H,69,81)(H,70,82)(H,71,83). The van der Waals surface area contributed by atoms with E-state index in [2.05, 4.69) is 31.9 Å². The summed E-state index contributed by atoms with van der Waals surface area (Å²) in [5.41, 5.74) is 2.30. The van der Waals surface area contributed by atoms with Gasteiger partial charge in [-0.3, -0.25) is 14.4 Å². The van der Waals surface area contributed by atoms with Gasteiger partial charge < -0.3 is 85.5 Å². The molecule has 10 N–H and O–H groups in total. The number of hydrogen-bond donors (Lipinski definition) is 10. The molecule has 0 aliphatic heterocycles. The molecular weight excluding hydrogens is 1170 g/mol. The van der Waals surface area contributed by atoms with Crippen LogP contribution in [-0.2, 0) is 58.3 Å². The van der Waals surface area contributed by atoms with Gasteiger partial charge in [0.25, 0.3) is 0 Å². The zero-order valence-corrected chi connectivity index (χ0v) is 49.3. The number of methoxy groups -OCH3 is 2. The van der Waals surface area contributed by atoms with Crippen molar-refractivity contribution >= 4 is 47.9 Å². The molecule has 7 rings (SSSR count). The number of amides is 6. The molecule has 25 heteroatoms. The SMILES string of the molecule is CCC(COC(=O)NCc1cccc(CNC(C)=O)c1)(COC(=O)NCc1cccc(CNC(=O)Oc2ccc(C(=O)c3ccc(OC)cc3O)c(O)c2)c1)COC(=O)NCc1cccc(CNC(=O)Oc2ccc(C(=O)c3ccc(OC)cc3O)c(O)c2)c1. The molecular formula is C65H66N6O19. The van der Waals surface area contributed by atoms with Crippen LogP contribution in [0, 0.1) is 5.41 Å². The maximum Gasteiger partial charge on any atom is 0.412 e. The highest BCUT2D eigenvalue weighted by Gasteiger charge is 2.35. The third kappa shape index (κ3) is 19.5. The van der Waals surface area contributed by atoms with Crippen molar-refractivity contribution in [3.8, 4) is 46.0 Å². The first kappa shape index (κ1) is 66.0. The summed E-state index contributed by atoms with van der Waals surface area (Å²) in [7, 11) is 2.81. The highest BCUT2D eigenvalue weighted by molar-refractivity contribution is 6.13. The number of phenols is 4. The number of hydrogen-bond acceptors (Lipinski definition) is 19. The van der Waals surface area contributed by atoms with Gasteiger partial charge in [-0.05, 0) is 88.3 Å². The van der Waals surface area contributed by atoms with E-state index in [0.717, 1.165) is 23.3 Å². The number of aromatic hydroxyl groups is 4. The van der Waals surface area contributed by atoms with Crippen molar-refractivity contribution in [3.63, 3.8) is 0 Å². The third-order valence-electron chi connectivity index (χ3n) is 13.7. The van der Waals surface area contributed by atoms with Crippen molar-refractivity contribution in [2.75, 3.05) is 34.0 Å². The summed E-state index contributed by atoms with van der Waals surface area (Å²) in [5.74, 6) is -2.71. The van der Waals surface area contributed by atoms with E-state index in [1.807, 2.05) is 12.1 Å². The minimum Gasteiger partial charge on any atom is -0.507 e. The lowest BCUT2D eigenvalue weighted by molar-refractivity contribution is -0.119. The lowest BCUT2D eigenvalue weighted by atomic mass is 9.88. The molecule has 25 nitrogen and oxygen atoms in total. The number of ketones is 2. The molecule has 470 valence electrons. The molecule has 0 bridgehead atoms. The van der Waals surface area contributed by atoms with E-state index >= 15 is 0 Å². The van der Waals surface area contributed by atoms with Crippen LogP contribution in [-0.4, -0.2) is 102 Å². The van der Waals surface area contributed by atoms with Gasteiger partial charge in [-0.2, -0.15) is 0 Å². The van der Waals surface area contributed by atoms with E-state index < -0.39 is 58.9 Å². The summed E-state index contributed by atoms with van der Waals surface area (Å²) in [4.78, 5) is 103. The molecule has 0 spiro atoms. The normalized spacial score (nSPS) is 10.8. The van der Waals surface area contributed by atoms with Crippen LogP contribution >= 0.6 is 0 Å². The van der Waals surface area contributed by atoms with Crippen LogP contribution in [0.2, 0.25) is 0 Å². The molecule has 0 fully saturated rings. The van der Waals surface area contributed by atoms with E-state index in [4.69, 9.17) is 33.2 Å². The maximum absolute atomic E-state index is 13.3. The van der Waals surface area contributed by atoms with Gasteiger partial charge in [0.05, 0.1) is 41.9 Å². The van der Waals surface area contributed by atoms with Crippen molar-refractivity contribution < 1.29 is 91.9 Å². The summed E-state index contributed by atoms with van der Waals surface area (Å²) >= 11 is 0. The second-order valence-electron chi connectivity index (χ2n) is 20.3. The van der Waals surface area contributed by atoms with Gasteiger partial charge in [0.2, 0.25) is 5.91 Å². The van der Waals surface area contributed by atoms with Crippen LogP contribution in [0.25, 0.3) is 0 Å². The third-order valence-corrected chi connectivity index (χ3v) is 13.7. The van der Waals surface area contributed by atoms with E-state index in [1.54, 1.807) is 67.6 Å². The van der Waals surface area contributed by atoms with Gasteiger partial charge in [-0.15, -0.1) is 0 Å². The largest absolute Gasteiger partial charge is 0.507 e. The zero-order chi connectivity index (χ0) is 64.7. The van der Waals surface area contributed by atoms with Crippen LogP contribution in [0.15, 0.2) is 146 Å². The number of benzene rings is 7. The minimum absolute atomic E-state index is 0.00966. The van der Waals surface area contributed by atoms with Crippen LogP contribution in [0.1, 0.15) is 85.5 Å². The molecule has 0 heterocycles. The molecule has 0 saturated carbocycles. The van der Waals surface area contributed by atoms with Gasteiger partial charge in [0, 0.05) is 70.5 Å². The summed E-state index contributed by atoms with van der Waals surface area (Å²) in [6, 6.07) is 36.4. The van der Waals surface area contributed by atoms with Crippen molar-refractivity contribution in [2.45, 2.75) is 59.5 Å². The van der Waals surface area contributed by atoms with Crippen LogP contribution in [0.4, 0.5) is 24.0 Å². The molecule has 7 aromatic rings. The monoisotopic (exact) mass is 1230 g/mol. The molecule has 7 aromatic carbocycles. The number of carbonyl (C=O) groups is 8. The lowest BCUT2D eigenvalue weighted by Gasteiger charge is -2.31. The fraction of sp³-hybridized carbons (Fsp3) is 0.231. The summed E-state index contributed by atoms with van der Waals surface area (Å²) in [5, 5.41) is 57.7. The van der Waals surface area contributed by atoms with Gasteiger partial charge in [0.1, 0.15) is 65.8 Å². The molecule has 0 aliphatic rings. The van der Waals surface area contributed by atoms with E-state index in [-0.39, 0.29) is 110 Å². The average Bonchev–Trinajstić information content (AvgIpc) is 1.48. The Morgan fingerprint density at radius 2 is 0.633 bits per heavy atom. The van der Waals surface area contributed by atoms with Crippen LogP contribution in [0.3, 0.4) is 0 Å².